The average Bonchev–Trinajstić information content (AvgIpc) is 2.76. The highest BCUT2D eigenvalue weighted by atomic mass is 35.5. The van der Waals surface area contributed by atoms with Gasteiger partial charge in [-0.05, 0) is 42.3 Å². The van der Waals surface area contributed by atoms with E-state index in [9.17, 15) is 15.2 Å². The lowest BCUT2D eigenvalue weighted by molar-refractivity contribution is -0.129. The van der Waals surface area contributed by atoms with Crippen LogP contribution >= 0.6 is 23.4 Å². The van der Waals surface area contributed by atoms with Crippen molar-refractivity contribution >= 4 is 35.0 Å². The van der Waals surface area contributed by atoms with Gasteiger partial charge in [-0.1, -0.05) is 35.5 Å². The molecule has 0 spiro atoms. The standard InChI is InChI=1S/C22H20ClN3O3S/c1-13-17(23)4-3-5-18(13)25-11-26-21(28)9-15(16(10-24)22(26)30-12-25)14-6-7-19(27)20(8-14)29-2/h3-8,15,27H,9,11-12H2,1-2H3/t15-/m1/s1. The summed E-state index contributed by atoms with van der Waals surface area (Å²) in [7, 11) is 1.47. The quantitative estimate of drug-likeness (QED) is 0.751. The topological polar surface area (TPSA) is 76.8 Å². The fourth-order valence-electron chi connectivity index (χ4n) is 3.85. The summed E-state index contributed by atoms with van der Waals surface area (Å²) in [4.78, 5) is 16.8. The van der Waals surface area contributed by atoms with Crippen LogP contribution in [0.4, 0.5) is 5.69 Å². The minimum Gasteiger partial charge on any atom is -0.504 e. The summed E-state index contributed by atoms with van der Waals surface area (Å²) in [6.07, 6.45) is 0.184. The Morgan fingerprint density at radius 2 is 2.13 bits per heavy atom. The number of hydrogen-bond acceptors (Lipinski definition) is 6. The molecule has 1 saturated heterocycles. The largest absolute Gasteiger partial charge is 0.504 e. The number of phenolic OH excluding ortho intramolecular Hbond substituents is 1. The normalized spacial score (nSPS) is 18.9. The third-order valence-corrected chi connectivity index (χ3v) is 7.04. The van der Waals surface area contributed by atoms with Crippen molar-refractivity contribution in [2.75, 3.05) is 24.6 Å². The number of ether oxygens (including phenoxy) is 1. The van der Waals surface area contributed by atoms with E-state index in [0.29, 0.717) is 33.9 Å². The molecule has 2 aromatic carbocycles. The molecule has 0 bridgehead atoms. The second kappa shape index (κ2) is 8.13. The van der Waals surface area contributed by atoms with E-state index in [0.717, 1.165) is 16.8 Å². The Balaban J connectivity index is 1.69. The maximum absolute atomic E-state index is 13.1. The van der Waals surface area contributed by atoms with Crippen LogP contribution < -0.4 is 9.64 Å². The number of allylic oxidation sites excluding steroid dienone is 1. The number of aromatic hydroxyl groups is 1. The summed E-state index contributed by atoms with van der Waals surface area (Å²) in [6, 6.07) is 13.0. The summed E-state index contributed by atoms with van der Waals surface area (Å²) >= 11 is 7.75. The predicted octanol–water partition coefficient (Wildman–Crippen LogP) is 4.58. The fraction of sp³-hybridized carbons (Fsp3) is 0.273. The first-order chi connectivity index (χ1) is 14.4. The van der Waals surface area contributed by atoms with Gasteiger partial charge in [0, 0.05) is 23.0 Å². The zero-order valence-corrected chi connectivity index (χ0v) is 18.1. The number of thioether (sulfide) groups is 1. The van der Waals surface area contributed by atoms with Crippen LogP contribution in [0.2, 0.25) is 5.02 Å². The van der Waals surface area contributed by atoms with Gasteiger partial charge in [-0.25, -0.2) is 0 Å². The fourth-order valence-corrected chi connectivity index (χ4v) is 5.18. The van der Waals surface area contributed by atoms with E-state index >= 15 is 0 Å². The predicted molar refractivity (Wildman–Crippen MR) is 117 cm³/mol. The molecule has 6 nitrogen and oxygen atoms in total. The number of fused-ring (bicyclic) bond motifs is 1. The van der Waals surface area contributed by atoms with Crippen molar-refractivity contribution in [3.8, 4) is 17.6 Å². The molecule has 0 saturated carbocycles. The van der Waals surface area contributed by atoms with Gasteiger partial charge >= 0.3 is 0 Å². The molecule has 4 rings (SSSR count). The van der Waals surface area contributed by atoms with E-state index in [2.05, 4.69) is 11.0 Å². The zero-order chi connectivity index (χ0) is 21.4. The van der Waals surface area contributed by atoms with Crippen LogP contribution in [0.15, 0.2) is 47.0 Å². The third kappa shape index (κ3) is 3.47. The maximum Gasteiger partial charge on any atom is 0.229 e. The number of halogens is 1. The highest BCUT2D eigenvalue weighted by Crippen LogP contribution is 2.45. The van der Waals surface area contributed by atoms with E-state index in [1.807, 2.05) is 25.1 Å². The van der Waals surface area contributed by atoms with E-state index < -0.39 is 0 Å². The van der Waals surface area contributed by atoms with Crippen molar-refractivity contribution in [3.05, 3.63) is 63.1 Å². The summed E-state index contributed by atoms with van der Waals surface area (Å²) in [5, 5.41) is 21.2. The Hall–Kier alpha value is -2.82. The number of nitrogens with zero attached hydrogens (tertiary/aromatic N) is 3. The lowest BCUT2D eigenvalue weighted by atomic mass is 9.86. The molecular weight excluding hydrogens is 422 g/mol. The number of benzene rings is 2. The number of phenols is 1. The number of carbonyl (C=O) groups is 1. The second-order valence-electron chi connectivity index (χ2n) is 7.18. The monoisotopic (exact) mass is 441 g/mol. The smallest absolute Gasteiger partial charge is 0.229 e. The Morgan fingerprint density at radius 3 is 2.87 bits per heavy atom. The van der Waals surface area contributed by atoms with Crippen LogP contribution in [0, 0.1) is 18.3 Å². The first kappa shape index (κ1) is 20.5. The summed E-state index contributed by atoms with van der Waals surface area (Å²) in [5.41, 5.74) is 3.28. The van der Waals surface area contributed by atoms with E-state index in [1.165, 1.54) is 24.9 Å². The van der Waals surface area contributed by atoms with Crippen molar-refractivity contribution in [3.63, 3.8) is 0 Å². The molecule has 0 aromatic heterocycles. The molecular formula is C22H20ClN3O3S. The molecule has 2 aromatic rings. The molecule has 0 aliphatic carbocycles. The lowest BCUT2D eigenvalue weighted by Crippen LogP contribution is -2.47. The van der Waals surface area contributed by atoms with Crippen molar-refractivity contribution in [2.24, 2.45) is 0 Å². The van der Waals surface area contributed by atoms with Gasteiger partial charge in [0.1, 0.15) is 0 Å². The number of rotatable bonds is 3. The van der Waals surface area contributed by atoms with Gasteiger partial charge < -0.3 is 14.7 Å². The van der Waals surface area contributed by atoms with Crippen LogP contribution in [0.25, 0.3) is 0 Å². The van der Waals surface area contributed by atoms with Gasteiger partial charge in [0.25, 0.3) is 0 Å². The number of anilines is 1. The number of hydrogen-bond donors (Lipinski definition) is 1. The molecule has 8 heteroatoms. The highest BCUT2D eigenvalue weighted by molar-refractivity contribution is 8.03. The van der Waals surface area contributed by atoms with Crippen molar-refractivity contribution in [2.45, 2.75) is 19.3 Å². The lowest BCUT2D eigenvalue weighted by Gasteiger charge is -2.42. The minimum atomic E-state index is -0.366. The Labute approximate surface area is 184 Å². The second-order valence-corrected chi connectivity index (χ2v) is 8.52. The van der Waals surface area contributed by atoms with E-state index in [1.54, 1.807) is 17.0 Å². The van der Waals surface area contributed by atoms with Crippen LogP contribution in [-0.2, 0) is 4.79 Å². The average molecular weight is 442 g/mol. The number of carbonyl (C=O) groups excluding carboxylic acids is 1. The number of nitriles is 1. The van der Waals surface area contributed by atoms with Crippen molar-refractivity contribution < 1.29 is 14.6 Å². The van der Waals surface area contributed by atoms with Gasteiger partial charge in [0.2, 0.25) is 5.91 Å². The van der Waals surface area contributed by atoms with Gasteiger partial charge in [-0.15, -0.1) is 0 Å². The maximum atomic E-state index is 13.1. The third-order valence-electron chi connectivity index (χ3n) is 5.48. The first-order valence-corrected chi connectivity index (χ1v) is 10.7. The number of methoxy groups -OCH3 is 1. The minimum absolute atomic E-state index is 0.0238. The Morgan fingerprint density at radius 1 is 1.33 bits per heavy atom. The molecule has 154 valence electrons. The zero-order valence-electron chi connectivity index (χ0n) is 16.6. The molecule has 1 amide bonds. The Bertz CT molecular complexity index is 1100. The van der Waals surface area contributed by atoms with Crippen LogP contribution in [0.3, 0.4) is 0 Å². The molecule has 0 unspecified atom stereocenters. The van der Waals surface area contributed by atoms with Gasteiger partial charge in [0.05, 0.1) is 36.3 Å². The molecule has 1 N–H and O–H groups in total. The van der Waals surface area contributed by atoms with Gasteiger partial charge in [-0.3, -0.25) is 9.69 Å². The van der Waals surface area contributed by atoms with Crippen molar-refractivity contribution in [1.29, 1.82) is 5.26 Å². The molecule has 30 heavy (non-hydrogen) atoms. The van der Waals surface area contributed by atoms with Crippen LogP contribution in [0.5, 0.6) is 11.5 Å². The summed E-state index contributed by atoms with van der Waals surface area (Å²) in [6.45, 7) is 2.33. The highest BCUT2D eigenvalue weighted by Gasteiger charge is 2.38. The molecule has 2 aliphatic rings. The molecule has 2 heterocycles. The molecule has 0 radical (unpaired) electrons. The van der Waals surface area contributed by atoms with E-state index in [4.69, 9.17) is 16.3 Å². The first-order valence-electron chi connectivity index (χ1n) is 9.39. The number of amides is 1. The molecule has 2 aliphatic heterocycles. The molecule has 1 fully saturated rings. The molecule has 1 atom stereocenters. The van der Waals surface area contributed by atoms with Crippen LogP contribution in [-0.4, -0.2) is 35.6 Å². The van der Waals surface area contributed by atoms with Crippen molar-refractivity contribution in [1.82, 2.24) is 4.90 Å². The van der Waals surface area contributed by atoms with Crippen LogP contribution in [0.1, 0.15) is 23.5 Å². The van der Waals surface area contributed by atoms with E-state index in [-0.39, 0.29) is 24.0 Å². The van der Waals surface area contributed by atoms with Gasteiger partial charge in [0.15, 0.2) is 11.5 Å². The summed E-state index contributed by atoms with van der Waals surface area (Å²) < 4.78 is 5.20. The Kier molecular flexibility index (Phi) is 5.54. The summed E-state index contributed by atoms with van der Waals surface area (Å²) in [5.74, 6) is 0.546. The van der Waals surface area contributed by atoms with Gasteiger partial charge in [-0.2, -0.15) is 5.26 Å². The SMILES string of the molecule is COc1cc([C@H]2CC(=O)N3CN(c4cccc(Cl)c4C)CSC3=C2C#N)ccc1O.